The number of nitrogens with zero attached hydrogens (tertiary/aromatic N) is 1. The number of hydrogen-bond acceptors (Lipinski definition) is 1. The van der Waals surface area contributed by atoms with Gasteiger partial charge in [-0.15, -0.1) is 0 Å². The highest BCUT2D eigenvalue weighted by Crippen LogP contribution is 2.19. The number of H-pyrrole nitrogens is 1. The molecule has 76 valence electrons. The Labute approximate surface area is 85.3 Å². The highest BCUT2D eigenvalue weighted by Gasteiger charge is 2.02. The summed E-state index contributed by atoms with van der Waals surface area (Å²) < 4.78 is 0. The van der Waals surface area contributed by atoms with Gasteiger partial charge in [-0.1, -0.05) is 13.8 Å². The second-order valence-electron chi connectivity index (χ2n) is 3.30. The SMILES string of the molecule is CC.Cc1cc2n[nH]c(C)c2cc1C. The van der Waals surface area contributed by atoms with Gasteiger partial charge >= 0.3 is 0 Å². The van der Waals surface area contributed by atoms with Crippen LogP contribution in [0.1, 0.15) is 30.7 Å². The first-order chi connectivity index (χ1) is 6.68. The highest BCUT2D eigenvalue weighted by atomic mass is 15.1. The largest absolute Gasteiger partial charge is 0.282 e. The van der Waals surface area contributed by atoms with Crippen molar-refractivity contribution >= 4 is 10.9 Å². The first kappa shape index (κ1) is 10.8. The van der Waals surface area contributed by atoms with E-state index in [1.165, 1.54) is 16.5 Å². The standard InChI is InChI=1S/C10H12N2.C2H6/c1-6-4-9-8(3)11-12-10(9)5-7(6)2;1-2/h4-5H,1-3H3,(H,11,12);1-2H3. The molecule has 0 aliphatic heterocycles. The first-order valence-electron chi connectivity index (χ1n) is 5.10. The number of nitrogens with one attached hydrogen (secondary N) is 1. The fourth-order valence-electron chi connectivity index (χ4n) is 1.40. The normalized spacial score (nSPS) is 9.79. The van der Waals surface area contributed by atoms with Crippen LogP contribution < -0.4 is 0 Å². The van der Waals surface area contributed by atoms with Crippen molar-refractivity contribution in [2.45, 2.75) is 34.6 Å². The van der Waals surface area contributed by atoms with Gasteiger partial charge in [0.15, 0.2) is 0 Å². The van der Waals surface area contributed by atoms with E-state index in [1.54, 1.807) is 0 Å². The van der Waals surface area contributed by atoms with Gasteiger partial charge in [0, 0.05) is 11.1 Å². The third-order valence-electron chi connectivity index (χ3n) is 2.36. The summed E-state index contributed by atoms with van der Waals surface area (Å²) in [7, 11) is 0. The fraction of sp³-hybridized carbons (Fsp3) is 0.417. The molecule has 0 bridgehead atoms. The third-order valence-corrected chi connectivity index (χ3v) is 2.36. The molecule has 0 fully saturated rings. The topological polar surface area (TPSA) is 28.7 Å². The Balaban J connectivity index is 0.000000461. The van der Waals surface area contributed by atoms with E-state index in [9.17, 15) is 0 Å². The maximum atomic E-state index is 4.20. The van der Waals surface area contributed by atoms with Gasteiger partial charge in [0.2, 0.25) is 0 Å². The minimum Gasteiger partial charge on any atom is -0.282 e. The monoisotopic (exact) mass is 190 g/mol. The van der Waals surface area contributed by atoms with Crippen LogP contribution in [0.4, 0.5) is 0 Å². The van der Waals surface area contributed by atoms with Gasteiger partial charge in [-0.2, -0.15) is 5.10 Å². The van der Waals surface area contributed by atoms with Crippen LogP contribution in [0.2, 0.25) is 0 Å². The van der Waals surface area contributed by atoms with Crippen molar-refractivity contribution in [3.8, 4) is 0 Å². The molecule has 0 aliphatic rings. The molecule has 1 aromatic heterocycles. The van der Waals surface area contributed by atoms with E-state index in [0.29, 0.717) is 0 Å². The second-order valence-corrected chi connectivity index (χ2v) is 3.30. The molecule has 2 rings (SSSR count). The van der Waals surface area contributed by atoms with Gasteiger partial charge in [-0.3, -0.25) is 5.10 Å². The quantitative estimate of drug-likeness (QED) is 0.676. The lowest BCUT2D eigenvalue weighted by Crippen LogP contribution is -1.80. The van der Waals surface area contributed by atoms with E-state index < -0.39 is 0 Å². The summed E-state index contributed by atoms with van der Waals surface area (Å²) >= 11 is 0. The molecule has 0 spiro atoms. The fourth-order valence-corrected chi connectivity index (χ4v) is 1.40. The number of fused-ring (bicyclic) bond motifs is 1. The van der Waals surface area contributed by atoms with E-state index in [4.69, 9.17) is 0 Å². The molecule has 0 amide bonds. The zero-order chi connectivity index (χ0) is 10.7. The molecule has 0 saturated heterocycles. The lowest BCUT2D eigenvalue weighted by molar-refractivity contribution is 1.07. The van der Waals surface area contributed by atoms with E-state index in [1.807, 2.05) is 20.8 Å². The van der Waals surface area contributed by atoms with Crippen LogP contribution in [0.25, 0.3) is 10.9 Å². The highest BCUT2D eigenvalue weighted by molar-refractivity contribution is 5.82. The average molecular weight is 190 g/mol. The minimum atomic E-state index is 1.07. The minimum absolute atomic E-state index is 1.07. The number of hydrogen-bond donors (Lipinski definition) is 1. The maximum absolute atomic E-state index is 4.20. The molecule has 14 heavy (non-hydrogen) atoms. The molecular formula is C12H18N2. The third kappa shape index (κ3) is 1.79. The number of aromatic nitrogens is 2. The van der Waals surface area contributed by atoms with Crippen LogP contribution in [0, 0.1) is 20.8 Å². The summed E-state index contributed by atoms with van der Waals surface area (Å²) in [4.78, 5) is 0. The van der Waals surface area contributed by atoms with Crippen molar-refractivity contribution in [1.29, 1.82) is 0 Å². The van der Waals surface area contributed by atoms with Crippen molar-refractivity contribution in [2.75, 3.05) is 0 Å². The summed E-state index contributed by atoms with van der Waals surface area (Å²) in [6.07, 6.45) is 0. The van der Waals surface area contributed by atoms with E-state index >= 15 is 0 Å². The van der Waals surface area contributed by atoms with Crippen molar-refractivity contribution in [2.24, 2.45) is 0 Å². The number of aryl methyl sites for hydroxylation is 3. The van der Waals surface area contributed by atoms with Crippen molar-refractivity contribution in [3.63, 3.8) is 0 Å². The van der Waals surface area contributed by atoms with Crippen molar-refractivity contribution in [1.82, 2.24) is 10.2 Å². The van der Waals surface area contributed by atoms with Crippen LogP contribution in [0.5, 0.6) is 0 Å². The molecule has 0 radical (unpaired) electrons. The van der Waals surface area contributed by atoms with Gasteiger partial charge < -0.3 is 0 Å². The lowest BCUT2D eigenvalue weighted by Gasteiger charge is -1.98. The van der Waals surface area contributed by atoms with Gasteiger partial charge in [-0.05, 0) is 44.0 Å². The number of aromatic amines is 1. The molecular weight excluding hydrogens is 172 g/mol. The molecule has 2 aromatic rings. The Bertz CT molecular complexity index is 427. The average Bonchev–Trinajstić information content (AvgIpc) is 2.53. The summed E-state index contributed by atoms with van der Waals surface area (Å²) in [6, 6.07) is 4.30. The van der Waals surface area contributed by atoms with Crippen LogP contribution in [-0.2, 0) is 0 Å². The smallest absolute Gasteiger partial charge is 0.0926 e. The van der Waals surface area contributed by atoms with Crippen molar-refractivity contribution < 1.29 is 0 Å². The molecule has 0 aliphatic carbocycles. The van der Waals surface area contributed by atoms with Crippen molar-refractivity contribution in [3.05, 3.63) is 29.0 Å². The molecule has 0 saturated carbocycles. The lowest BCUT2D eigenvalue weighted by atomic mass is 10.1. The number of rotatable bonds is 0. The maximum Gasteiger partial charge on any atom is 0.0926 e. The summed E-state index contributed by atoms with van der Waals surface area (Å²) in [6.45, 7) is 10.3. The molecule has 1 N–H and O–H groups in total. The zero-order valence-corrected chi connectivity index (χ0v) is 9.60. The summed E-state index contributed by atoms with van der Waals surface area (Å²) in [5.74, 6) is 0. The Kier molecular flexibility index (Phi) is 3.28. The number of benzene rings is 1. The van der Waals surface area contributed by atoms with E-state index in [-0.39, 0.29) is 0 Å². The second kappa shape index (κ2) is 4.27. The Morgan fingerprint density at radius 3 is 2.21 bits per heavy atom. The van der Waals surface area contributed by atoms with Crippen LogP contribution in [0.3, 0.4) is 0 Å². The van der Waals surface area contributed by atoms with Gasteiger partial charge in [-0.25, -0.2) is 0 Å². The molecule has 2 heteroatoms. The van der Waals surface area contributed by atoms with Gasteiger partial charge in [0.1, 0.15) is 0 Å². The van der Waals surface area contributed by atoms with Gasteiger partial charge in [0.05, 0.1) is 5.52 Å². The molecule has 1 aromatic carbocycles. The summed E-state index contributed by atoms with van der Waals surface area (Å²) in [5.41, 5.74) is 4.84. The van der Waals surface area contributed by atoms with E-state index in [0.717, 1.165) is 11.2 Å². The predicted octanol–water partition coefficient (Wildman–Crippen LogP) is 3.51. The van der Waals surface area contributed by atoms with Gasteiger partial charge in [0.25, 0.3) is 0 Å². The molecule has 0 unspecified atom stereocenters. The molecule has 2 nitrogen and oxygen atoms in total. The first-order valence-corrected chi connectivity index (χ1v) is 5.10. The Morgan fingerprint density at radius 1 is 1.00 bits per heavy atom. The van der Waals surface area contributed by atoms with Crippen LogP contribution >= 0.6 is 0 Å². The molecule has 0 atom stereocenters. The summed E-state index contributed by atoms with van der Waals surface area (Å²) in [5, 5.41) is 8.41. The Hall–Kier alpha value is -1.31. The Morgan fingerprint density at radius 2 is 1.57 bits per heavy atom. The molecule has 1 heterocycles. The van der Waals surface area contributed by atoms with Crippen LogP contribution in [-0.4, -0.2) is 10.2 Å². The van der Waals surface area contributed by atoms with Crippen LogP contribution in [0.15, 0.2) is 12.1 Å². The predicted molar refractivity (Wildman–Crippen MR) is 61.7 cm³/mol. The van der Waals surface area contributed by atoms with E-state index in [2.05, 4.69) is 36.2 Å². The zero-order valence-electron chi connectivity index (χ0n) is 9.60.